The number of likely N-dealkylation sites (N-methyl/N-ethyl adjacent to an activating group) is 1. The molecule has 0 aliphatic rings. The topological polar surface area (TPSA) is 73.2 Å². The van der Waals surface area contributed by atoms with E-state index in [9.17, 15) is 8.42 Å². The molecule has 0 fully saturated rings. The van der Waals surface area contributed by atoms with Gasteiger partial charge < -0.3 is 0 Å². The minimum atomic E-state index is -3.63. The zero-order valence-corrected chi connectivity index (χ0v) is 15.5. The van der Waals surface area contributed by atoms with E-state index in [1.165, 1.54) is 12.1 Å². The molecular weight excluding hydrogens is 358 g/mol. The van der Waals surface area contributed by atoms with Gasteiger partial charge in [-0.05, 0) is 36.9 Å². The monoisotopic (exact) mass is 377 g/mol. The van der Waals surface area contributed by atoms with Gasteiger partial charge in [0.2, 0.25) is 10.0 Å². The van der Waals surface area contributed by atoms with Crippen molar-refractivity contribution in [1.29, 1.82) is 5.26 Å². The zero-order valence-electron chi connectivity index (χ0n) is 13.9. The first kappa shape index (κ1) is 19.4. The third-order valence-corrected chi connectivity index (χ3v) is 5.57. The lowest BCUT2D eigenvalue weighted by atomic mass is 10.1. The molecule has 5 nitrogen and oxygen atoms in total. The average Bonchev–Trinajstić information content (AvgIpc) is 2.61. The summed E-state index contributed by atoms with van der Waals surface area (Å²) in [5, 5.41) is 9.28. The SMILES string of the molecule is CN(CCC#N)[C@H](CNS(=O)(=O)c1ccc(Cl)cc1)c1ccccc1. The van der Waals surface area contributed by atoms with E-state index >= 15 is 0 Å². The molecule has 0 unspecified atom stereocenters. The highest BCUT2D eigenvalue weighted by Crippen LogP contribution is 2.20. The highest BCUT2D eigenvalue weighted by molar-refractivity contribution is 7.89. The van der Waals surface area contributed by atoms with Gasteiger partial charge >= 0.3 is 0 Å². The minimum absolute atomic E-state index is 0.170. The molecular formula is C18H20ClN3O2S. The van der Waals surface area contributed by atoms with Gasteiger partial charge in [0.1, 0.15) is 0 Å². The Morgan fingerprint density at radius 2 is 1.80 bits per heavy atom. The van der Waals surface area contributed by atoms with Crippen molar-refractivity contribution < 1.29 is 8.42 Å². The fourth-order valence-corrected chi connectivity index (χ4v) is 3.64. The number of benzene rings is 2. The van der Waals surface area contributed by atoms with E-state index in [-0.39, 0.29) is 17.5 Å². The number of hydrogen-bond acceptors (Lipinski definition) is 4. The average molecular weight is 378 g/mol. The molecule has 132 valence electrons. The molecule has 2 aromatic carbocycles. The van der Waals surface area contributed by atoms with Crippen LogP contribution in [0.3, 0.4) is 0 Å². The summed E-state index contributed by atoms with van der Waals surface area (Å²) in [5.41, 5.74) is 0.988. The third kappa shape index (κ3) is 5.55. The highest BCUT2D eigenvalue weighted by Gasteiger charge is 2.21. The second-order valence-corrected chi connectivity index (χ2v) is 7.82. The van der Waals surface area contributed by atoms with Gasteiger partial charge in [-0.15, -0.1) is 0 Å². The van der Waals surface area contributed by atoms with Crippen molar-refractivity contribution in [1.82, 2.24) is 9.62 Å². The zero-order chi connectivity index (χ0) is 18.3. The van der Waals surface area contributed by atoms with Crippen LogP contribution in [0.2, 0.25) is 5.02 Å². The Morgan fingerprint density at radius 3 is 2.40 bits per heavy atom. The summed E-state index contributed by atoms with van der Waals surface area (Å²) in [7, 11) is -1.75. The van der Waals surface area contributed by atoms with Gasteiger partial charge in [-0.1, -0.05) is 41.9 Å². The fourth-order valence-electron chi connectivity index (χ4n) is 2.47. The normalized spacial score (nSPS) is 12.7. The molecule has 0 aliphatic heterocycles. The first-order valence-corrected chi connectivity index (χ1v) is 9.67. The largest absolute Gasteiger partial charge is 0.297 e. The van der Waals surface area contributed by atoms with Crippen LogP contribution in [0.1, 0.15) is 18.0 Å². The van der Waals surface area contributed by atoms with Crippen molar-refractivity contribution >= 4 is 21.6 Å². The summed E-state index contributed by atoms with van der Waals surface area (Å²) in [6.45, 7) is 0.760. The predicted octanol–water partition coefficient (Wildman–Crippen LogP) is 3.21. The number of nitrogens with zero attached hydrogens (tertiary/aromatic N) is 2. The summed E-state index contributed by atoms with van der Waals surface area (Å²) in [6, 6.07) is 17.6. The molecule has 0 aromatic heterocycles. The van der Waals surface area contributed by atoms with Crippen LogP contribution in [0.15, 0.2) is 59.5 Å². The van der Waals surface area contributed by atoms with Crippen molar-refractivity contribution in [3.63, 3.8) is 0 Å². The molecule has 0 aliphatic carbocycles. The molecule has 0 saturated heterocycles. The summed E-state index contributed by atoms with van der Waals surface area (Å²) < 4.78 is 27.6. The van der Waals surface area contributed by atoms with Crippen LogP contribution >= 0.6 is 11.6 Å². The van der Waals surface area contributed by atoms with Crippen LogP contribution < -0.4 is 4.72 Å². The fraction of sp³-hybridized carbons (Fsp3) is 0.278. The Kier molecular flexibility index (Phi) is 6.97. The molecule has 2 aromatic rings. The van der Waals surface area contributed by atoms with Crippen LogP contribution in [0.5, 0.6) is 0 Å². The molecule has 0 bridgehead atoms. The summed E-state index contributed by atoms with van der Waals surface area (Å²) in [5.74, 6) is 0. The number of halogens is 1. The van der Waals surface area contributed by atoms with Crippen LogP contribution in [0.25, 0.3) is 0 Å². The third-order valence-electron chi connectivity index (χ3n) is 3.88. The van der Waals surface area contributed by atoms with Crippen molar-refractivity contribution in [2.45, 2.75) is 17.4 Å². The maximum atomic E-state index is 12.5. The predicted molar refractivity (Wildman–Crippen MR) is 98.7 cm³/mol. The number of sulfonamides is 1. The van der Waals surface area contributed by atoms with Crippen molar-refractivity contribution in [3.05, 3.63) is 65.2 Å². The minimum Gasteiger partial charge on any atom is -0.297 e. The number of nitrogens with one attached hydrogen (secondary N) is 1. The number of hydrogen-bond donors (Lipinski definition) is 1. The molecule has 0 saturated carbocycles. The van der Waals surface area contributed by atoms with Crippen molar-refractivity contribution in [2.24, 2.45) is 0 Å². The van der Waals surface area contributed by atoms with Gasteiger partial charge in [-0.25, -0.2) is 13.1 Å². The molecule has 1 atom stereocenters. The second-order valence-electron chi connectivity index (χ2n) is 5.62. The lowest BCUT2D eigenvalue weighted by Crippen LogP contribution is -2.36. The Bertz CT molecular complexity index is 818. The molecule has 0 radical (unpaired) electrons. The van der Waals surface area contributed by atoms with Crippen LogP contribution in [0, 0.1) is 11.3 Å². The maximum absolute atomic E-state index is 12.5. The first-order chi connectivity index (χ1) is 11.9. The van der Waals surface area contributed by atoms with Gasteiger partial charge in [0, 0.05) is 30.6 Å². The van der Waals surface area contributed by atoms with E-state index in [4.69, 9.17) is 16.9 Å². The molecule has 0 amide bonds. The van der Waals surface area contributed by atoms with E-state index in [1.807, 2.05) is 42.3 Å². The Hall–Kier alpha value is -1.91. The Morgan fingerprint density at radius 1 is 1.16 bits per heavy atom. The van der Waals surface area contributed by atoms with Crippen molar-refractivity contribution in [3.8, 4) is 6.07 Å². The smallest absolute Gasteiger partial charge is 0.240 e. The van der Waals surface area contributed by atoms with Gasteiger partial charge in [0.15, 0.2) is 0 Å². The van der Waals surface area contributed by atoms with E-state index in [1.54, 1.807) is 12.1 Å². The highest BCUT2D eigenvalue weighted by atomic mass is 35.5. The van der Waals surface area contributed by atoms with Gasteiger partial charge in [-0.3, -0.25) is 4.90 Å². The van der Waals surface area contributed by atoms with Crippen LogP contribution in [-0.4, -0.2) is 33.5 Å². The maximum Gasteiger partial charge on any atom is 0.240 e. The van der Waals surface area contributed by atoms with Crippen LogP contribution in [0.4, 0.5) is 0 Å². The van der Waals surface area contributed by atoms with E-state index in [2.05, 4.69) is 10.8 Å². The van der Waals surface area contributed by atoms with E-state index in [0.717, 1.165) is 5.56 Å². The van der Waals surface area contributed by atoms with Gasteiger partial charge in [0.25, 0.3) is 0 Å². The number of nitriles is 1. The first-order valence-electron chi connectivity index (χ1n) is 7.81. The Labute approximate surface area is 153 Å². The molecule has 25 heavy (non-hydrogen) atoms. The van der Waals surface area contributed by atoms with Gasteiger partial charge in [0.05, 0.1) is 11.0 Å². The van der Waals surface area contributed by atoms with Crippen LogP contribution in [-0.2, 0) is 10.0 Å². The molecule has 7 heteroatoms. The summed E-state index contributed by atoms with van der Waals surface area (Å²) >= 11 is 5.81. The molecule has 0 heterocycles. The van der Waals surface area contributed by atoms with Crippen molar-refractivity contribution in [2.75, 3.05) is 20.1 Å². The standard InChI is InChI=1S/C18H20ClN3O2S/c1-22(13-5-12-20)18(15-6-3-2-4-7-15)14-21-25(23,24)17-10-8-16(19)9-11-17/h2-4,6-11,18,21H,5,13-14H2,1H3/t18-/m1/s1. The van der Waals surface area contributed by atoms with E-state index < -0.39 is 10.0 Å². The molecule has 0 spiro atoms. The quantitative estimate of drug-likeness (QED) is 0.766. The lowest BCUT2D eigenvalue weighted by molar-refractivity contribution is 0.251. The summed E-state index contributed by atoms with van der Waals surface area (Å²) in [4.78, 5) is 2.14. The lowest BCUT2D eigenvalue weighted by Gasteiger charge is -2.28. The Balaban J connectivity index is 2.16. The molecule has 1 N–H and O–H groups in total. The van der Waals surface area contributed by atoms with E-state index in [0.29, 0.717) is 18.0 Å². The molecule has 2 rings (SSSR count). The second kappa shape index (κ2) is 8.97. The number of rotatable bonds is 8. The summed E-state index contributed by atoms with van der Waals surface area (Å²) in [6.07, 6.45) is 0.379. The van der Waals surface area contributed by atoms with Gasteiger partial charge in [-0.2, -0.15) is 5.26 Å².